The fourth-order valence-electron chi connectivity index (χ4n) is 3.24. The van der Waals surface area contributed by atoms with Gasteiger partial charge >= 0.3 is 0 Å². The standard InChI is InChI=1S/C21H14F2N4O/c1-2-26-8-9-27-18(12-25-20(27)21(26)28)13-6-7-16(22)15(10-13)19-14(11-24)4-3-5-17(19)23/h3-10,12H,2H2,1H3. The molecule has 0 N–H and O–H groups in total. The van der Waals surface area contributed by atoms with E-state index in [2.05, 4.69) is 4.98 Å². The second-order valence-electron chi connectivity index (χ2n) is 6.20. The van der Waals surface area contributed by atoms with Crippen LogP contribution in [0.2, 0.25) is 0 Å². The number of rotatable bonds is 3. The van der Waals surface area contributed by atoms with E-state index < -0.39 is 11.6 Å². The number of aryl methyl sites for hydroxylation is 1. The molecule has 0 radical (unpaired) electrons. The molecule has 0 unspecified atom stereocenters. The Morgan fingerprint density at radius 1 is 1.14 bits per heavy atom. The van der Waals surface area contributed by atoms with Gasteiger partial charge in [0.1, 0.15) is 11.6 Å². The van der Waals surface area contributed by atoms with Crippen LogP contribution in [0.4, 0.5) is 8.78 Å². The zero-order chi connectivity index (χ0) is 19.8. The number of imidazole rings is 1. The predicted octanol–water partition coefficient (Wildman–Crippen LogP) is 4.00. The molecule has 0 saturated carbocycles. The number of nitriles is 1. The number of aromatic nitrogens is 3. The van der Waals surface area contributed by atoms with Crippen LogP contribution in [0.5, 0.6) is 0 Å². The summed E-state index contributed by atoms with van der Waals surface area (Å²) in [6.07, 6.45) is 4.87. The number of hydrogen-bond acceptors (Lipinski definition) is 3. The van der Waals surface area contributed by atoms with Gasteiger partial charge in [-0.15, -0.1) is 0 Å². The van der Waals surface area contributed by atoms with Gasteiger partial charge in [-0.05, 0) is 37.3 Å². The Labute approximate surface area is 158 Å². The number of benzene rings is 2. The first-order chi connectivity index (χ1) is 13.5. The van der Waals surface area contributed by atoms with Crippen LogP contribution >= 0.6 is 0 Å². The third-order valence-electron chi connectivity index (χ3n) is 4.65. The van der Waals surface area contributed by atoms with Crippen LogP contribution in [-0.4, -0.2) is 14.0 Å². The van der Waals surface area contributed by atoms with Crippen molar-refractivity contribution in [1.29, 1.82) is 5.26 Å². The van der Waals surface area contributed by atoms with E-state index in [0.717, 1.165) is 0 Å². The molecule has 2 aromatic carbocycles. The Morgan fingerprint density at radius 3 is 2.71 bits per heavy atom. The summed E-state index contributed by atoms with van der Waals surface area (Å²) in [5.41, 5.74) is 1.04. The molecule has 0 bridgehead atoms. The summed E-state index contributed by atoms with van der Waals surface area (Å²) in [4.78, 5) is 16.6. The molecule has 0 spiro atoms. The van der Waals surface area contributed by atoms with Crippen molar-refractivity contribution >= 4 is 5.65 Å². The van der Waals surface area contributed by atoms with Crippen LogP contribution in [0.3, 0.4) is 0 Å². The Balaban J connectivity index is 1.95. The van der Waals surface area contributed by atoms with Crippen LogP contribution in [-0.2, 0) is 6.54 Å². The Hall–Kier alpha value is -3.79. The van der Waals surface area contributed by atoms with Crippen molar-refractivity contribution in [2.75, 3.05) is 0 Å². The van der Waals surface area contributed by atoms with Gasteiger partial charge < -0.3 is 4.57 Å². The van der Waals surface area contributed by atoms with Crippen LogP contribution < -0.4 is 5.56 Å². The van der Waals surface area contributed by atoms with E-state index in [-0.39, 0.29) is 27.9 Å². The van der Waals surface area contributed by atoms with E-state index in [1.54, 1.807) is 16.8 Å². The van der Waals surface area contributed by atoms with Crippen molar-refractivity contribution in [1.82, 2.24) is 14.0 Å². The van der Waals surface area contributed by atoms with Gasteiger partial charge in [-0.3, -0.25) is 9.20 Å². The van der Waals surface area contributed by atoms with Gasteiger partial charge in [0.15, 0.2) is 0 Å². The normalized spacial score (nSPS) is 10.9. The molecule has 2 aromatic heterocycles. The Kier molecular flexibility index (Phi) is 4.24. The van der Waals surface area contributed by atoms with E-state index in [1.165, 1.54) is 47.2 Å². The highest BCUT2D eigenvalue weighted by atomic mass is 19.1. The van der Waals surface area contributed by atoms with Crippen LogP contribution in [0, 0.1) is 23.0 Å². The molecule has 2 heterocycles. The molecular formula is C21H14F2N4O. The van der Waals surface area contributed by atoms with Gasteiger partial charge in [-0.1, -0.05) is 6.07 Å². The largest absolute Gasteiger partial charge is 0.311 e. The minimum absolute atomic E-state index is 0.0241. The van der Waals surface area contributed by atoms with Crippen molar-refractivity contribution in [3.05, 3.63) is 82.5 Å². The molecule has 0 fully saturated rings. The lowest BCUT2D eigenvalue weighted by atomic mass is 9.97. The maximum Gasteiger partial charge on any atom is 0.294 e. The van der Waals surface area contributed by atoms with Crippen LogP contribution in [0.1, 0.15) is 12.5 Å². The molecule has 5 nitrogen and oxygen atoms in total. The second-order valence-corrected chi connectivity index (χ2v) is 6.20. The smallest absolute Gasteiger partial charge is 0.294 e. The predicted molar refractivity (Wildman–Crippen MR) is 101 cm³/mol. The first-order valence-corrected chi connectivity index (χ1v) is 8.60. The molecule has 4 rings (SSSR count). The summed E-state index contributed by atoms with van der Waals surface area (Å²) < 4.78 is 32.0. The lowest BCUT2D eigenvalue weighted by Gasteiger charge is -2.10. The lowest BCUT2D eigenvalue weighted by Crippen LogP contribution is -2.20. The summed E-state index contributed by atoms with van der Waals surface area (Å²) in [7, 11) is 0. The SMILES string of the molecule is CCn1ccn2c(-c3ccc(F)c(-c4c(F)cccc4C#N)c3)cnc2c1=O. The Bertz CT molecular complexity index is 1310. The molecule has 7 heteroatoms. The fourth-order valence-corrected chi connectivity index (χ4v) is 3.24. The van der Waals surface area contributed by atoms with Gasteiger partial charge in [0.05, 0.1) is 23.5 Å². The first kappa shape index (κ1) is 17.6. The van der Waals surface area contributed by atoms with Crippen LogP contribution in [0.25, 0.3) is 28.0 Å². The molecule has 4 aromatic rings. The van der Waals surface area contributed by atoms with Crippen molar-refractivity contribution in [3.63, 3.8) is 0 Å². The summed E-state index contributed by atoms with van der Waals surface area (Å²) in [5, 5.41) is 9.28. The summed E-state index contributed by atoms with van der Waals surface area (Å²) >= 11 is 0. The van der Waals surface area contributed by atoms with Crippen LogP contribution in [0.15, 0.2) is 59.8 Å². The molecule has 28 heavy (non-hydrogen) atoms. The summed E-state index contributed by atoms with van der Waals surface area (Å²) in [5.74, 6) is -1.33. The molecule has 0 aliphatic rings. The van der Waals surface area contributed by atoms with E-state index >= 15 is 0 Å². The zero-order valence-electron chi connectivity index (χ0n) is 14.9. The number of halogens is 2. The maximum absolute atomic E-state index is 14.5. The fraction of sp³-hybridized carbons (Fsp3) is 0.0952. The van der Waals surface area contributed by atoms with Crippen molar-refractivity contribution < 1.29 is 8.78 Å². The van der Waals surface area contributed by atoms with Gasteiger partial charge in [-0.2, -0.15) is 5.26 Å². The highest BCUT2D eigenvalue weighted by molar-refractivity contribution is 5.77. The third-order valence-corrected chi connectivity index (χ3v) is 4.65. The van der Waals surface area contributed by atoms with Gasteiger partial charge in [0, 0.05) is 35.6 Å². The first-order valence-electron chi connectivity index (χ1n) is 8.60. The topological polar surface area (TPSA) is 63.1 Å². The number of fused-ring (bicyclic) bond motifs is 1. The Morgan fingerprint density at radius 2 is 1.96 bits per heavy atom. The van der Waals surface area contributed by atoms with E-state index in [0.29, 0.717) is 17.8 Å². The minimum atomic E-state index is -0.681. The quantitative estimate of drug-likeness (QED) is 0.543. The summed E-state index contributed by atoms with van der Waals surface area (Å²) in [6.45, 7) is 2.37. The monoisotopic (exact) mass is 376 g/mol. The maximum atomic E-state index is 14.5. The zero-order valence-corrected chi connectivity index (χ0v) is 14.9. The van der Waals surface area contributed by atoms with Crippen molar-refractivity contribution in [3.8, 4) is 28.5 Å². The minimum Gasteiger partial charge on any atom is -0.311 e. The number of hydrogen-bond donors (Lipinski definition) is 0. The molecule has 138 valence electrons. The second kappa shape index (κ2) is 6.74. The highest BCUT2D eigenvalue weighted by Crippen LogP contribution is 2.32. The highest BCUT2D eigenvalue weighted by Gasteiger charge is 2.17. The van der Waals surface area contributed by atoms with E-state index in [9.17, 15) is 18.8 Å². The van der Waals surface area contributed by atoms with Gasteiger partial charge in [-0.25, -0.2) is 13.8 Å². The molecule has 0 amide bonds. The average Bonchev–Trinajstić information content (AvgIpc) is 3.14. The molecule has 0 saturated heterocycles. The van der Waals surface area contributed by atoms with Crippen molar-refractivity contribution in [2.24, 2.45) is 0 Å². The lowest BCUT2D eigenvalue weighted by molar-refractivity contribution is 0.616. The average molecular weight is 376 g/mol. The summed E-state index contributed by atoms with van der Waals surface area (Å²) in [6, 6.07) is 10.1. The van der Waals surface area contributed by atoms with E-state index in [1.807, 2.05) is 13.0 Å². The van der Waals surface area contributed by atoms with Crippen molar-refractivity contribution in [2.45, 2.75) is 13.5 Å². The molecule has 0 aliphatic carbocycles. The third kappa shape index (κ3) is 2.67. The van der Waals surface area contributed by atoms with Gasteiger partial charge in [0.25, 0.3) is 5.56 Å². The molecule has 0 atom stereocenters. The molecule has 0 aliphatic heterocycles. The number of nitrogens with zero attached hydrogens (tertiary/aromatic N) is 4. The van der Waals surface area contributed by atoms with E-state index in [4.69, 9.17) is 0 Å². The van der Waals surface area contributed by atoms with Gasteiger partial charge in [0.2, 0.25) is 5.65 Å². The molecular weight excluding hydrogens is 362 g/mol.